The van der Waals surface area contributed by atoms with Gasteiger partial charge in [0.2, 0.25) is 0 Å². The monoisotopic (exact) mass is 458 g/mol. The molecule has 2 heterocycles. The molecule has 9 heteroatoms. The summed E-state index contributed by atoms with van der Waals surface area (Å²) in [4.78, 5) is 34.8. The molecule has 0 spiro atoms. The topological polar surface area (TPSA) is 87.3 Å². The predicted octanol–water partition coefficient (Wildman–Crippen LogP) is 4.00. The van der Waals surface area contributed by atoms with Crippen LogP contribution in [-0.2, 0) is 4.74 Å². The number of amides is 2. The van der Waals surface area contributed by atoms with Crippen LogP contribution in [0.2, 0.25) is 10.0 Å². The molecule has 2 N–H and O–H groups in total. The molecular weight excluding hydrogens is 439 g/mol. The van der Waals surface area contributed by atoms with Gasteiger partial charge >= 0.3 is 0 Å². The van der Waals surface area contributed by atoms with Gasteiger partial charge in [-0.15, -0.1) is 0 Å². The lowest BCUT2D eigenvalue weighted by molar-refractivity contribution is 0.0799. The van der Waals surface area contributed by atoms with Crippen molar-refractivity contribution in [2.24, 2.45) is 0 Å². The van der Waals surface area contributed by atoms with Crippen molar-refractivity contribution in [2.45, 2.75) is 6.04 Å². The minimum Gasteiger partial charge on any atom is -0.382 e. The van der Waals surface area contributed by atoms with Gasteiger partial charge in [-0.2, -0.15) is 0 Å². The lowest BCUT2D eigenvalue weighted by Crippen LogP contribution is -2.32. The molecule has 0 aliphatic carbocycles. The fourth-order valence-electron chi connectivity index (χ4n) is 3.41. The number of carbonyl (C=O) groups excluding carboxylic acids is 2. The maximum atomic E-state index is 12.9. The summed E-state index contributed by atoms with van der Waals surface area (Å²) < 4.78 is 5.26. The molecule has 0 saturated carbocycles. The van der Waals surface area contributed by atoms with Gasteiger partial charge in [0.15, 0.2) is 0 Å². The molecule has 7 nitrogen and oxygen atoms in total. The Morgan fingerprint density at radius 3 is 2.68 bits per heavy atom. The lowest BCUT2D eigenvalue weighted by atomic mass is 10.1. The molecule has 1 aliphatic heterocycles. The van der Waals surface area contributed by atoms with Crippen LogP contribution in [0.5, 0.6) is 0 Å². The van der Waals surface area contributed by atoms with Crippen molar-refractivity contribution >= 4 is 46.0 Å². The number of halogens is 2. The highest BCUT2D eigenvalue weighted by Gasteiger charge is 2.22. The van der Waals surface area contributed by atoms with Gasteiger partial charge in [0.05, 0.1) is 28.2 Å². The highest BCUT2D eigenvalue weighted by atomic mass is 35.5. The van der Waals surface area contributed by atoms with E-state index in [4.69, 9.17) is 27.9 Å². The molecule has 1 unspecified atom stereocenters. The Balaban J connectivity index is 1.53. The Morgan fingerprint density at radius 1 is 1.19 bits per heavy atom. The molecule has 2 aromatic carbocycles. The molecule has 0 bridgehead atoms. The van der Waals surface area contributed by atoms with E-state index in [1.54, 1.807) is 42.3 Å². The van der Waals surface area contributed by atoms with Crippen LogP contribution in [0.4, 0.5) is 0 Å². The molecule has 4 rings (SSSR count). The zero-order valence-corrected chi connectivity index (χ0v) is 18.2. The van der Waals surface area contributed by atoms with E-state index < -0.39 is 6.04 Å². The van der Waals surface area contributed by atoms with Gasteiger partial charge < -0.3 is 19.9 Å². The summed E-state index contributed by atoms with van der Waals surface area (Å²) in [6, 6.07) is 9.46. The van der Waals surface area contributed by atoms with Crippen molar-refractivity contribution in [2.75, 3.05) is 26.8 Å². The Morgan fingerprint density at radius 2 is 1.97 bits per heavy atom. The van der Waals surface area contributed by atoms with Crippen molar-refractivity contribution in [1.29, 1.82) is 0 Å². The van der Waals surface area contributed by atoms with E-state index in [2.05, 4.69) is 15.3 Å². The number of imidazole rings is 1. The van der Waals surface area contributed by atoms with E-state index in [-0.39, 0.29) is 23.4 Å². The van der Waals surface area contributed by atoms with E-state index in [0.29, 0.717) is 35.1 Å². The third kappa shape index (κ3) is 4.58. The number of H-pyrrole nitrogens is 1. The van der Waals surface area contributed by atoms with Gasteiger partial charge in [-0.25, -0.2) is 4.98 Å². The maximum absolute atomic E-state index is 12.9. The summed E-state index contributed by atoms with van der Waals surface area (Å²) in [5.41, 5.74) is 2.20. The number of methoxy groups -OCH3 is 1. The number of hydrogen-bond acceptors (Lipinski definition) is 4. The van der Waals surface area contributed by atoms with E-state index >= 15 is 0 Å². The SMILES string of the molecule is COCC(NC(=O)c1ccc(C(=O)N2CC=CC2)c(Cl)c1)c1nc2ccc(Cl)cc2[nH]1. The van der Waals surface area contributed by atoms with Crippen LogP contribution in [0.1, 0.15) is 32.6 Å². The average molecular weight is 459 g/mol. The number of benzene rings is 2. The van der Waals surface area contributed by atoms with Crippen LogP contribution < -0.4 is 5.32 Å². The van der Waals surface area contributed by atoms with Crippen LogP contribution in [0.3, 0.4) is 0 Å². The summed E-state index contributed by atoms with van der Waals surface area (Å²) in [6.45, 7) is 1.32. The van der Waals surface area contributed by atoms with Crippen molar-refractivity contribution in [3.8, 4) is 0 Å². The molecule has 0 radical (unpaired) electrons. The summed E-state index contributed by atoms with van der Waals surface area (Å²) in [5, 5.41) is 3.72. The minimum atomic E-state index is -0.514. The average Bonchev–Trinajstić information content (AvgIpc) is 3.42. The number of fused-ring (bicyclic) bond motifs is 1. The van der Waals surface area contributed by atoms with Crippen LogP contribution in [0.15, 0.2) is 48.6 Å². The number of nitrogens with zero attached hydrogens (tertiary/aromatic N) is 2. The van der Waals surface area contributed by atoms with Gasteiger partial charge in [-0.3, -0.25) is 9.59 Å². The largest absolute Gasteiger partial charge is 0.382 e. The second-order valence-electron chi connectivity index (χ2n) is 7.14. The lowest BCUT2D eigenvalue weighted by Gasteiger charge is -2.18. The molecule has 31 heavy (non-hydrogen) atoms. The first-order valence-electron chi connectivity index (χ1n) is 9.65. The van der Waals surface area contributed by atoms with Gasteiger partial charge in [0.1, 0.15) is 11.9 Å². The maximum Gasteiger partial charge on any atom is 0.255 e. The molecule has 3 aromatic rings. The van der Waals surface area contributed by atoms with Crippen molar-refractivity contribution in [1.82, 2.24) is 20.2 Å². The number of hydrogen-bond donors (Lipinski definition) is 2. The third-order valence-electron chi connectivity index (χ3n) is 5.00. The zero-order valence-electron chi connectivity index (χ0n) is 16.7. The summed E-state index contributed by atoms with van der Waals surface area (Å²) in [6.07, 6.45) is 3.85. The smallest absolute Gasteiger partial charge is 0.255 e. The minimum absolute atomic E-state index is 0.167. The summed E-state index contributed by atoms with van der Waals surface area (Å²) >= 11 is 12.4. The van der Waals surface area contributed by atoms with E-state index in [1.165, 1.54) is 6.07 Å². The quantitative estimate of drug-likeness (QED) is 0.546. The van der Waals surface area contributed by atoms with Crippen LogP contribution in [-0.4, -0.2) is 53.5 Å². The van der Waals surface area contributed by atoms with E-state index in [9.17, 15) is 9.59 Å². The predicted molar refractivity (Wildman–Crippen MR) is 120 cm³/mol. The van der Waals surface area contributed by atoms with Crippen molar-refractivity contribution in [3.05, 3.63) is 75.5 Å². The first-order valence-corrected chi connectivity index (χ1v) is 10.4. The highest BCUT2D eigenvalue weighted by molar-refractivity contribution is 6.34. The van der Waals surface area contributed by atoms with Crippen LogP contribution in [0.25, 0.3) is 11.0 Å². The van der Waals surface area contributed by atoms with Crippen LogP contribution >= 0.6 is 23.2 Å². The molecule has 0 fully saturated rings. The highest BCUT2D eigenvalue weighted by Crippen LogP contribution is 2.23. The third-order valence-corrected chi connectivity index (χ3v) is 5.55. The van der Waals surface area contributed by atoms with E-state index in [0.717, 1.165) is 11.0 Å². The first-order chi connectivity index (χ1) is 15.0. The molecule has 0 saturated heterocycles. The molecular formula is C22H20Cl2N4O3. The number of aromatic amines is 1. The summed E-state index contributed by atoms with van der Waals surface area (Å²) in [7, 11) is 1.54. The fourth-order valence-corrected chi connectivity index (χ4v) is 3.84. The van der Waals surface area contributed by atoms with E-state index in [1.807, 2.05) is 12.2 Å². The van der Waals surface area contributed by atoms with Gasteiger partial charge in [-0.05, 0) is 36.4 Å². The van der Waals surface area contributed by atoms with Gasteiger partial charge in [0.25, 0.3) is 11.8 Å². The Hall–Kier alpha value is -2.87. The Bertz CT molecular complexity index is 1170. The van der Waals surface area contributed by atoms with Crippen molar-refractivity contribution in [3.63, 3.8) is 0 Å². The Labute approximate surface area is 189 Å². The van der Waals surface area contributed by atoms with Crippen molar-refractivity contribution < 1.29 is 14.3 Å². The molecule has 1 aliphatic rings. The number of rotatable bonds is 6. The molecule has 1 aromatic heterocycles. The number of aromatic nitrogens is 2. The van der Waals surface area contributed by atoms with Gasteiger partial charge in [-0.1, -0.05) is 35.4 Å². The first kappa shape index (κ1) is 21.4. The second kappa shape index (κ2) is 9.09. The second-order valence-corrected chi connectivity index (χ2v) is 7.98. The normalized spacial score (nSPS) is 14.2. The molecule has 2 amide bonds. The number of nitrogens with one attached hydrogen (secondary N) is 2. The van der Waals surface area contributed by atoms with Crippen LogP contribution in [0, 0.1) is 0 Å². The number of ether oxygens (including phenoxy) is 1. The molecule has 1 atom stereocenters. The standard InChI is InChI=1S/C22H20Cl2N4O3/c1-31-12-19(20-25-17-7-5-14(23)11-18(17)26-20)27-21(29)13-4-6-15(16(24)10-13)22(30)28-8-2-3-9-28/h2-7,10-11,19H,8-9,12H2,1H3,(H,25,26)(H,27,29). The summed E-state index contributed by atoms with van der Waals surface area (Å²) in [5.74, 6) is 0.0244. The molecule has 160 valence electrons. The van der Waals surface area contributed by atoms with Gasteiger partial charge in [0, 0.05) is 30.8 Å². The number of carbonyl (C=O) groups is 2. The Kier molecular flexibility index (Phi) is 6.27. The zero-order chi connectivity index (χ0) is 22.0. The fraction of sp³-hybridized carbons (Fsp3) is 0.227.